The van der Waals surface area contributed by atoms with E-state index < -0.39 is 5.91 Å². The van der Waals surface area contributed by atoms with Crippen LogP contribution in [0.2, 0.25) is 0 Å². The van der Waals surface area contributed by atoms with Crippen LogP contribution < -0.4 is 10.9 Å². The molecular weight excluding hydrogens is 384 g/mol. The van der Waals surface area contributed by atoms with Gasteiger partial charge in [-0.25, -0.2) is 9.36 Å². The van der Waals surface area contributed by atoms with Gasteiger partial charge in [0.1, 0.15) is 17.8 Å². The Labute approximate surface area is 171 Å². The van der Waals surface area contributed by atoms with E-state index in [1.54, 1.807) is 23.9 Å². The minimum absolute atomic E-state index is 0.223. The monoisotopic (exact) mass is 404 g/mol. The van der Waals surface area contributed by atoms with Crippen molar-refractivity contribution in [1.29, 1.82) is 0 Å². The summed E-state index contributed by atoms with van der Waals surface area (Å²) in [5.41, 5.74) is 2.71. The maximum atomic E-state index is 13.3. The van der Waals surface area contributed by atoms with Gasteiger partial charge in [-0.3, -0.25) is 9.59 Å². The number of hydrogen-bond donors (Lipinski definition) is 1. The van der Waals surface area contributed by atoms with E-state index in [0.29, 0.717) is 17.1 Å². The fourth-order valence-electron chi connectivity index (χ4n) is 3.59. The molecule has 0 saturated heterocycles. The Kier molecular flexibility index (Phi) is 4.23. The highest BCUT2D eigenvalue weighted by Gasteiger charge is 2.30. The van der Waals surface area contributed by atoms with Crippen molar-refractivity contribution in [3.63, 3.8) is 0 Å². The van der Waals surface area contributed by atoms with Gasteiger partial charge >= 0.3 is 0 Å². The lowest BCUT2D eigenvalue weighted by molar-refractivity contribution is -0.117. The van der Waals surface area contributed by atoms with E-state index >= 15 is 0 Å². The van der Waals surface area contributed by atoms with Crippen LogP contribution in [0.1, 0.15) is 35.8 Å². The fraction of sp³-hybridized carbons (Fsp3) is 0.286. The van der Waals surface area contributed by atoms with E-state index in [1.165, 1.54) is 4.68 Å². The van der Waals surface area contributed by atoms with Crippen LogP contribution in [0.5, 0.6) is 0 Å². The standard InChI is InChI=1S/C21H20N6O3/c1-12-5-3-4-6-16(12)27-20-15(10-22-27)19(14-7-8-14)24-26(21(20)29)11-18(28)23-17-9-13(2)30-25-17/h3-6,9-10,14H,7-8,11H2,1-2H3,(H,23,25,28). The first-order valence-corrected chi connectivity index (χ1v) is 9.79. The maximum Gasteiger partial charge on any atom is 0.293 e. The van der Waals surface area contributed by atoms with Crippen molar-refractivity contribution in [2.24, 2.45) is 0 Å². The van der Waals surface area contributed by atoms with E-state index in [9.17, 15) is 9.59 Å². The van der Waals surface area contributed by atoms with Crippen molar-refractivity contribution in [3.8, 4) is 5.69 Å². The Morgan fingerprint density at radius 2 is 2.07 bits per heavy atom. The second-order valence-electron chi connectivity index (χ2n) is 7.60. The Morgan fingerprint density at radius 1 is 1.27 bits per heavy atom. The van der Waals surface area contributed by atoms with Gasteiger partial charge in [-0.2, -0.15) is 10.2 Å². The molecule has 0 atom stereocenters. The number of carbonyl (C=O) groups is 1. The number of nitrogens with one attached hydrogen (secondary N) is 1. The molecule has 1 aliphatic carbocycles. The lowest BCUT2D eigenvalue weighted by atomic mass is 10.2. The third-order valence-corrected chi connectivity index (χ3v) is 5.21. The van der Waals surface area contributed by atoms with Crippen molar-refractivity contribution in [2.45, 2.75) is 39.2 Å². The maximum absolute atomic E-state index is 13.3. The van der Waals surface area contributed by atoms with Crippen LogP contribution in [0.3, 0.4) is 0 Å². The molecule has 9 heteroatoms. The van der Waals surface area contributed by atoms with Crippen LogP contribution in [0.15, 0.2) is 45.8 Å². The van der Waals surface area contributed by atoms with Gasteiger partial charge in [0.25, 0.3) is 5.56 Å². The van der Waals surface area contributed by atoms with Crippen LogP contribution >= 0.6 is 0 Å². The average molecular weight is 404 g/mol. The Balaban J connectivity index is 1.59. The van der Waals surface area contributed by atoms with E-state index in [4.69, 9.17) is 4.52 Å². The van der Waals surface area contributed by atoms with Crippen molar-refractivity contribution in [1.82, 2.24) is 24.7 Å². The smallest absolute Gasteiger partial charge is 0.293 e. The predicted molar refractivity (Wildman–Crippen MR) is 110 cm³/mol. The number of anilines is 1. The SMILES string of the molecule is Cc1cc(NC(=O)Cn2nc(C3CC3)c3cnn(-c4ccccc4C)c3c2=O)no1. The molecule has 5 rings (SSSR count). The Bertz CT molecular complexity index is 1330. The predicted octanol–water partition coefficient (Wildman–Crippen LogP) is 2.70. The highest BCUT2D eigenvalue weighted by molar-refractivity contribution is 5.90. The van der Waals surface area contributed by atoms with E-state index in [2.05, 4.69) is 20.7 Å². The molecule has 0 radical (unpaired) electrons. The van der Waals surface area contributed by atoms with Gasteiger partial charge in [-0.15, -0.1) is 0 Å². The molecule has 1 aromatic carbocycles. The van der Waals surface area contributed by atoms with Crippen molar-refractivity contribution < 1.29 is 9.32 Å². The summed E-state index contributed by atoms with van der Waals surface area (Å²) in [6, 6.07) is 9.35. The number of para-hydroxylation sites is 1. The molecule has 1 amide bonds. The molecule has 30 heavy (non-hydrogen) atoms. The summed E-state index contributed by atoms with van der Waals surface area (Å²) in [5, 5.41) is 16.1. The molecule has 0 unspecified atom stereocenters. The third kappa shape index (κ3) is 3.18. The zero-order valence-electron chi connectivity index (χ0n) is 16.6. The van der Waals surface area contributed by atoms with Crippen molar-refractivity contribution in [3.05, 3.63) is 63.9 Å². The number of rotatable bonds is 5. The minimum Gasteiger partial charge on any atom is -0.360 e. The number of amides is 1. The van der Waals surface area contributed by atoms with Crippen LogP contribution in [-0.4, -0.2) is 30.6 Å². The van der Waals surface area contributed by atoms with Crippen LogP contribution in [0.25, 0.3) is 16.6 Å². The van der Waals surface area contributed by atoms with Crippen molar-refractivity contribution in [2.75, 3.05) is 5.32 Å². The zero-order chi connectivity index (χ0) is 20.8. The molecule has 1 saturated carbocycles. The number of fused-ring (bicyclic) bond motifs is 1. The van der Waals surface area contributed by atoms with Crippen LogP contribution in [-0.2, 0) is 11.3 Å². The van der Waals surface area contributed by atoms with Gasteiger partial charge in [0.05, 0.1) is 17.6 Å². The lowest BCUT2D eigenvalue weighted by Gasteiger charge is -2.11. The van der Waals surface area contributed by atoms with E-state index in [1.807, 2.05) is 31.2 Å². The summed E-state index contributed by atoms with van der Waals surface area (Å²) in [7, 11) is 0. The van der Waals surface area contributed by atoms with Crippen molar-refractivity contribution >= 4 is 22.6 Å². The molecular formula is C21H20N6O3. The third-order valence-electron chi connectivity index (χ3n) is 5.21. The molecule has 1 N–H and O–H groups in total. The minimum atomic E-state index is -0.402. The first-order valence-electron chi connectivity index (χ1n) is 9.79. The molecule has 0 spiro atoms. The largest absolute Gasteiger partial charge is 0.360 e. The number of hydrogen-bond acceptors (Lipinski definition) is 6. The molecule has 9 nitrogen and oxygen atoms in total. The molecule has 0 bridgehead atoms. The van der Waals surface area contributed by atoms with Gasteiger partial charge in [0.2, 0.25) is 5.91 Å². The molecule has 3 heterocycles. The molecule has 0 aliphatic heterocycles. The number of benzene rings is 1. The second-order valence-corrected chi connectivity index (χ2v) is 7.60. The number of nitrogens with zero attached hydrogens (tertiary/aromatic N) is 5. The Hall–Kier alpha value is -3.75. The van der Waals surface area contributed by atoms with Gasteiger partial charge in [0.15, 0.2) is 5.82 Å². The van der Waals surface area contributed by atoms with Gasteiger partial charge in [0, 0.05) is 17.4 Å². The van der Waals surface area contributed by atoms with E-state index in [-0.39, 0.29) is 18.0 Å². The second kappa shape index (κ2) is 6.94. The quantitative estimate of drug-likeness (QED) is 0.548. The number of aryl methyl sites for hydroxylation is 2. The zero-order valence-corrected chi connectivity index (χ0v) is 16.6. The molecule has 1 aliphatic rings. The van der Waals surface area contributed by atoms with Crippen LogP contribution in [0.4, 0.5) is 5.82 Å². The first kappa shape index (κ1) is 18.3. The topological polar surface area (TPSA) is 108 Å². The highest BCUT2D eigenvalue weighted by Crippen LogP contribution is 2.41. The summed E-state index contributed by atoms with van der Waals surface area (Å²) >= 11 is 0. The van der Waals surface area contributed by atoms with Crippen LogP contribution in [0, 0.1) is 13.8 Å². The summed E-state index contributed by atoms with van der Waals surface area (Å²) in [6.45, 7) is 3.48. The number of carbonyl (C=O) groups excluding carboxylic acids is 1. The first-order chi connectivity index (χ1) is 14.5. The fourth-order valence-corrected chi connectivity index (χ4v) is 3.59. The molecule has 4 aromatic rings. The normalized spacial score (nSPS) is 13.7. The molecule has 152 valence electrons. The molecule has 3 aromatic heterocycles. The van der Waals surface area contributed by atoms with Gasteiger partial charge in [-0.1, -0.05) is 23.4 Å². The summed E-state index contributed by atoms with van der Waals surface area (Å²) in [4.78, 5) is 25.8. The highest BCUT2D eigenvalue weighted by atomic mass is 16.5. The summed E-state index contributed by atoms with van der Waals surface area (Å²) in [6.07, 6.45) is 3.73. The van der Waals surface area contributed by atoms with E-state index in [0.717, 1.165) is 35.2 Å². The summed E-state index contributed by atoms with van der Waals surface area (Å²) in [5.74, 6) is 0.773. The lowest BCUT2D eigenvalue weighted by Crippen LogP contribution is -2.31. The Morgan fingerprint density at radius 3 is 2.77 bits per heavy atom. The van der Waals surface area contributed by atoms with Gasteiger partial charge in [-0.05, 0) is 38.3 Å². The van der Waals surface area contributed by atoms with Gasteiger partial charge < -0.3 is 9.84 Å². The average Bonchev–Trinajstić information content (AvgIpc) is 3.34. The summed E-state index contributed by atoms with van der Waals surface area (Å²) < 4.78 is 7.83. The number of aromatic nitrogens is 5. The molecule has 1 fully saturated rings.